The molecule has 0 unspecified atom stereocenters. The van der Waals surface area contributed by atoms with Gasteiger partial charge in [-0.3, -0.25) is 10.1 Å². The number of carbonyl (C=O) groups is 2. The predicted octanol–water partition coefficient (Wildman–Crippen LogP) is -0.537. The predicted molar refractivity (Wildman–Crippen MR) is 97.6 cm³/mol. The van der Waals surface area contributed by atoms with Crippen molar-refractivity contribution >= 4 is 33.6 Å². The average molecular weight is 404 g/mol. The minimum Gasteiger partial charge on any atom is -0.336 e. The molecule has 1 fully saturated rings. The molecule has 1 aliphatic rings. The number of halogens is 1. The number of nitrogens with zero attached hydrogens (tertiary/aromatic N) is 1. The molecule has 2 rings (SSSR count). The van der Waals surface area contributed by atoms with Crippen LogP contribution in [0, 0.1) is 0 Å². The van der Waals surface area contributed by atoms with Crippen LogP contribution in [0.5, 0.6) is 0 Å². The van der Waals surface area contributed by atoms with Crippen molar-refractivity contribution in [2.24, 2.45) is 0 Å². The number of piperazine rings is 1. The van der Waals surface area contributed by atoms with Crippen molar-refractivity contribution in [2.75, 3.05) is 32.7 Å². The van der Waals surface area contributed by atoms with Gasteiger partial charge >= 0.3 is 6.03 Å². The average Bonchev–Trinajstić information content (AvgIpc) is 2.54. The van der Waals surface area contributed by atoms with E-state index in [1.807, 2.05) is 0 Å². The summed E-state index contributed by atoms with van der Waals surface area (Å²) in [6.45, 7) is 5.33. The van der Waals surface area contributed by atoms with Crippen LogP contribution in [0.2, 0.25) is 5.02 Å². The summed E-state index contributed by atoms with van der Waals surface area (Å²) in [5.74, 6) is -0.382. The Morgan fingerprint density at radius 2 is 1.77 bits per heavy atom. The molecule has 0 radical (unpaired) electrons. The molecule has 0 aromatic heterocycles. The molecule has 1 saturated heterocycles. The van der Waals surface area contributed by atoms with E-state index in [2.05, 4.69) is 10.6 Å². The molecule has 0 aliphatic carbocycles. The molecule has 144 valence electrons. The van der Waals surface area contributed by atoms with E-state index in [1.165, 1.54) is 16.4 Å². The third kappa shape index (κ3) is 5.66. The van der Waals surface area contributed by atoms with Crippen molar-refractivity contribution in [3.05, 3.63) is 29.3 Å². The molecule has 1 heterocycles. The Morgan fingerprint density at radius 1 is 1.19 bits per heavy atom. The number of sulfonamides is 1. The van der Waals surface area contributed by atoms with Crippen LogP contribution >= 0.6 is 11.6 Å². The highest BCUT2D eigenvalue weighted by molar-refractivity contribution is 7.89. The van der Waals surface area contributed by atoms with Gasteiger partial charge in [0, 0.05) is 11.1 Å². The summed E-state index contributed by atoms with van der Waals surface area (Å²) < 4.78 is 26.6. The van der Waals surface area contributed by atoms with E-state index in [4.69, 9.17) is 11.6 Å². The summed E-state index contributed by atoms with van der Waals surface area (Å²) in [6.07, 6.45) is 0. The van der Waals surface area contributed by atoms with Gasteiger partial charge in [-0.2, -0.15) is 4.31 Å². The molecule has 26 heavy (non-hydrogen) atoms. The zero-order valence-electron chi connectivity index (χ0n) is 14.8. The summed E-state index contributed by atoms with van der Waals surface area (Å²) in [4.78, 5) is 24.6. The maximum absolute atomic E-state index is 12.6. The number of amides is 3. The zero-order valence-corrected chi connectivity index (χ0v) is 16.4. The largest absolute Gasteiger partial charge is 0.336 e. The summed E-state index contributed by atoms with van der Waals surface area (Å²) in [5, 5.41) is 5.34. The fourth-order valence-corrected chi connectivity index (χ4v) is 4.24. The lowest BCUT2D eigenvalue weighted by atomic mass is 10.3. The van der Waals surface area contributed by atoms with Crippen LogP contribution in [-0.4, -0.2) is 63.4 Å². The quantitative estimate of drug-likeness (QED) is 0.615. The fraction of sp³-hybridized carbons (Fsp3) is 0.500. The molecule has 3 N–H and O–H groups in total. The zero-order chi connectivity index (χ0) is 19.3. The van der Waals surface area contributed by atoms with Gasteiger partial charge in [-0.05, 0) is 38.1 Å². The first kappa shape index (κ1) is 20.6. The van der Waals surface area contributed by atoms with Crippen LogP contribution in [0.25, 0.3) is 0 Å². The lowest BCUT2D eigenvalue weighted by molar-refractivity contribution is -0.895. The Balaban J connectivity index is 1.86. The standard InChI is InChI=1S/C16H23ClN4O4S/c1-12(2)18-16(23)19-15(22)11-20-7-9-21(10-8-20)26(24,25)14-5-3-13(17)4-6-14/h3-6,12H,7-11H2,1-2H3,(H2,18,19,22,23)/p+1. The molecule has 1 aromatic carbocycles. The number of benzene rings is 1. The number of imide groups is 1. The van der Waals surface area contributed by atoms with Crippen molar-refractivity contribution in [3.63, 3.8) is 0 Å². The molecule has 3 amide bonds. The Hall–Kier alpha value is -1.68. The van der Waals surface area contributed by atoms with Gasteiger partial charge in [-0.15, -0.1) is 0 Å². The van der Waals surface area contributed by atoms with Crippen LogP contribution < -0.4 is 15.5 Å². The molecule has 1 aromatic rings. The van der Waals surface area contributed by atoms with Crippen molar-refractivity contribution in [1.29, 1.82) is 0 Å². The first-order valence-corrected chi connectivity index (χ1v) is 10.2. The molecule has 10 heteroatoms. The van der Waals surface area contributed by atoms with E-state index in [-0.39, 0.29) is 23.4 Å². The van der Waals surface area contributed by atoms with E-state index in [0.29, 0.717) is 31.2 Å². The second-order valence-electron chi connectivity index (χ2n) is 6.46. The molecule has 1 aliphatic heterocycles. The Morgan fingerprint density at radius 3 is 2.31 bits per heavy atom. The molecule has 0 spiro atoms. The second-order valence-corrected chi connectivity index (χ2v) is 8.84. The van der Waals surface area contributed by atoms with E-state index in [0.717, 1.165) is 4.90 Å². The minimum atomic E-state index is -3.57. The van der Waals surface area contributed by atoms with Crippen LogP contribution in [0.15, 0.2) is 29.2 Å². The maximum Gasteiger partial charge on any atom is 0.321 e. The lowest BCUT2D eigenvalue weighted by Gasteiger charge is -2.31. The highest BCUT2D eigenvalue weighted by atomic mass is 35.5. The van der Waals surface area contributed by atoms with E-state index < -0.39 is 16.1 Å². The molecule has 0 bridgehead atoms. The van der Waals surface area contributed by atoms with Crippen molar-refractivity contribution in [2.45, 2.75) is 24.8 Å². The SMILES string of the molecule is CC(C)NC(=O)NC(=O)C[NH+]1CCN(S(=O)(=O)c2ccc(Cl)cc2)CC1. The summed E-state index contributed by atoms with van der Waals surface area (Å²) >= 11 is 5.80. The van der Waals surface area contributed by atoms with Crippen LogP contribution in [-0.2, 0) is 14.8 Å². The number of urea groups is 1. The monoisotopic (exact) mass is 403 g/mol. The van der Waals surface area contributed by atoms with Gasteiger partial charge in [-0.25, -0.2) is 13.2 Å². The van der Waals surface area contributed by atoms with Crippen LogP contribution in [0.1, 0.15) is 13.8 Å². The van der Waals surface area contributed by atoms with Gasteiger partial charge in [0.25, 0.3) is 5.91 Å². The van der Waals surface area contributed by atoms with Crippen molar-refractivity contribution < 1.29 is 22.9 Å². The van der Waals surface area contributed by atoms with Gasteiger partial charge in [-0.1, -0.05) is 11.6 Å². The van der Waals surface area contributed by atoms with Gasteiger partial charge < -0.3 is 10.2 Å². The van der Waals surface area contributed by atoms with Gasteiger partial charge in [0.1, 0.15) is 0 Å². The number of hydrogen-bond acceptors (Lipinski definition) is 4. The maximum atomic E-state index is 12.6. The third-order valence-corrected chi connectivity index (χ3v) is 6.13. The molecule has 0 atom stereocenters. The number of quaternary nitrogens is 1. The molecule has 0 saturated carbocycles. The molecular formula is C16H24ClN4O4S+. The lowest BCUT2D eigenvalue weighted by Crippen LogP contribution is -3.15. The highest BCUT2D eigenvalue weighted by Crippen LogP contribution is 2.18. The van der Waals surface area contributed by atoms with Gasteiger partial charge in [0.15, 0.2) is 6.54 Å². The van der Waals surface area contributed by atoms with Gasteiger partial charge in [0.2, 0.25) is 10.0 Å². The normalized spacial score (nSPS) is 16.5. The fourth-order valence-electron chi connectivity index (χ4n) is 2.67. The molecule has 8 nitrogen and oxygen atoms in total. The minimum absolute atomic E-state index is 0.0585. The summed E-state index contributed by atoms with van der Waals surface area (Å²) in [7, 11) is -3.57. The first-order chi connectivity index (χ1) is 12.2. The van der Waals surface area contributed by atoms with E-state index >= 15 is 0 Å². The smallest absolute Gasteiger partial charge is 0.321 e. The van der Waals surface area contributed by atoms with E-state index in [1.54, 1.807) is 26.0 Å². The van der Waals surface area contributed by atoms with E-state index in [9.17, 15) is 18.0 Å². The summed E-state index contributed by atoms with van der Waals surface area (Å²) in [6, 6.07) is 5.48. The number of rotatable bonds is 5. The highest BCUT2D eigenvalue weighted by Gasteiger charge is 2.31. The molecular weight excluding hydrogens is 380 g/mol. The van der Waals surface area contributed by atoms with Crippen LogP contribution in [0.4, 0.5) is 4.79 Å². The van der Waals surface area contributed by atoms with Crippen LogP contribution in [0.3, 0.4) is 0 Å². The Kier molecular flexibility index (Phi) is 6.99. The second kappa shape index (κ2) is 8.81. The number of carbonyl (C=O) groups excluding carboxylic acids is 2. The Labute approximate surface area is 158 Å². The third-order valence-electron chi connectivity index (χ3n) is 3.96. The topological polar surface area (TPSA) is 100 Å². The number of hydrogen-bond donors (Lipinski definition) is 3. The number of nitrogens with one attached hydrogen (secondary N) is 3. The first-order valence-electron chi connectivity index (χ1n) is 8.38. The Bertz CT molecular complexity index is 744. The van der Waals surface area contributed by atoms with Gasteiger partial charge in [0.05, 0.1) is 31.1 Å². The van der Waals surface area contributed by atoms with Crippen molar-refractivity contribution in [3.8, 4) is 0 Å². The summed E-state index contributed by atoms with van der Waals surface area (Å²) in [5.41, 5.74) is 0. The van der Waals surface area contributed by atoms with Crippen molar-refractivity contribution in [1.82, 2.24) is 14.9 Å².